The number of amides is 2. The summed E-state index contributed by atoms with van der Waals surface area (Å²) < 4.78 is 0. The van der Waals surface area contributed by atoms with Crippen LogP contribution in [0.4, 0.5) is 5.69 Å². The minimum Gasteiger partial charge on any atom is -0.366 e. The van der Waals surface area contributed by atoms with Gasteiger partial charge in [-0.05, 0) is 32.4 Å². The fourth-order valence-electron chi connectivity index (χ4n) is 1.58. The lowest BCUT2D eigenvalue weighted by atomic mass is 10.0. The molecule has 8 heteroatoms. The maximum atomic E-state index is 11.9. The second kappa shape index (κ2) is 7.26. The summed E-state index contributed by atoms with van der Waals surface area (Å²) in [6.45, 7) is 5.76. The Hall–Kier alpha value is -2.09. The lowest BCUT2D eigenvalue weighted by molar-refractivity contribution is -0.387. The molecule has 0 atom stereocenters. The van der Waals surface area contributed by atoms with Gasteiger partial charge in [0.05, 0.1) is 15.6 Å². The fourth-order valence-corrected chi connectivity index (χ4v) is 2.38. The van der Waals surface area contributed by atoms with Gasteiger partial charge in [-0.25, -0.2) is 0 Å². The van der Waals surface area contributed by atoms with E-state index in [4.69, 9.17) is 5.73 Å². The van der Waals surface area contributed by atoms with Crippen LogP contribution >= 0.6 is 11.8 Å². The molecule has 7 nitrogen and oxygen atoms in total. The Bertz CT molecular complexity index is 602. The van der Waals surface area contributed by atoms with Crippen LogP contribution in [-0.4, -0.2) is 28.0 Å². The highest BCUT2D eigenvalue weighted by atomic mass is 32.2. The highest BCUT2D eigenvalue weighted by molar-refractivity contribution is 8.00. The third kappa shape index (κ3) is 5.03. The molecule has 0 spiro atoms. The Morgan fingerprint density at radius 1 is 1.41 bits per heavy atom. The minimum atomic E-state index is -0.734. The number of nitrogens with two attached hydrogens (primary N) is 1. The number of nitro benzene ring substituents is 1. The van der Waals surface area contributed by atoms with Crippen molar-refractivity contribution < 1.29 is 14.5 Å². The number of primary amides is 1. The molecular formula is C14H19N3O4S. The van der Waals surface area contributed by atoms with Crippen LogP contribution in [0.3, 0.4) is 0 Å². The molecule has 22 heavy (non-hydrogen) atoms. The average molecular weight is 325 g/mol. The van der Waals surface area contributed by atoms with Gasteiger partial charge in [0.25, 0.3) is 5.69 Å². The van der Waals surface area contributed by atoms with Gasteiger partial charge in [0.1, 0.15) is 0 Å². The van der Waals surface area contributed by atoms with Crippen molar-refractivity contribution in [3.8, 4) is 0 Å². The zero-order valence-electron chi connectivity index (χ0n) is 12.7. The molecule has 0 fully saturated rings. The summed E-state index contributed by atoms with van der Waals surface area (Å²) in [4.78, 5) is 33.7. The molecule has 0 aliphatic heterocycles. The van der Waals surface area contributed by atoms with E-state index in [1.54, 1.807) is 0 Å². The molecule has 0 heterocycles. The van der Waals surface area contributed by atoms with Crippen molar-refractivity contribution in [3.63, 3.8) is 0 Å². The average Bonchev–Trinajstić information content (AvgIpc) is 2.44. The zero-order chi connectivity index (χ0) is 16.9. The fraction of sp³-hybridized carbons (Fsp3) is 0.429. The van der Waals surface area contributed by atoms with Gasteiger partial charge in [-0.1, -0.05) is 6.92 Å². The first-order valence-corrected chi connectivity index (χ1v) is 7.67. The maximum Gasteiger partial charge on any atom is 0.283 e. The van der Waals surface area contributed by atoms with Crippen molar-refractivity contribution in [3.05, 3.63) is 33.9 Å². The number of benzene rings is 1. The summed E-state index contributed by atoms with van der Waals surface area (Å²) in [6.07, 6.45) is 0.775. The molecule has 120 valence electrons. The largest absolute Gasteiger partial charge is 0.366 e. The van der Waals surface area contributed by atoms with Crippen LogP contribution in [0.15, 0.2) is 23.1 Å². The molecule has 0 aliphatic rings. The van der Waals surface area contributed by atoms with E-state index in [0.717, 1.165) is 24.2 Å². The number of carbonyl (C=O) groups excluding carboxylic acids is 2. The molecule has 0 aliphatic carbocycles. The first-order valence-electron chi connectivity index (χ1n) is 6.68. The summed E-state index contributed by atoms with van der Waals surface area (Å²) in [7, 11) is 0. The van der Waals surface area contributed by atoms with E-state index >= 15 is 0 Å². The maximum absolute atomic E-state index is 11.9. The van der Waals surface area contributed by atoms with Gasteiger partial charge in [-0.2, -0.15) is 0 Å². The molecule has 1 rings (SSSR count). The molecule has 0 aromatic heterocycles. The zero-order valence-corrected chi connectivity index (χ0v) is 13.5. The minimum absolute atomic E-state index is 0.0557. The second-order valence-electron chi connectivity index (χ2n) is 5.38. The molecule has 0 unspecified atom stereocenters. The number of carbonyl (C=O) groups is 2. The van der Waals surface area contributed by atoms with E-state index in [1.807, 2.05) is 20.8 Å². The van der Waals surface area contributed by atoms with Gasteiger partial charge in [0.15, 0.2) is 0 Å². The van der Waals surface area contributed by atoms with Gasteiger partial charge in [-0.3, -0.25) is 19.7 Å². The quantitative estimate of drug-likeness (QED) is 0.452. The Balaban J connectivity index is 2.83. The Labute approximate surface area is 132 Å². The summed E-state index contributed by atoms with van der Waals surface area (Å²) >= 11 is 1.05. The summed E-state index contributed by atoms with van der Waals surface area (Å²) in [5.74, 6) is -0.882. The predicted octanol–water partition coefficient (Wildman–Crippen LogP) is 2.09. The van der Waals surface area contributed by atoms with Gasteiger partial charge in [0.2, 0.25) is 11.8 Å². The number of nitro groups is 1. The Morgan fingerprint density at radius 2 is 2.05 bits per heavy atom. The van der Waals surface area contributed by atoms with E-state index in [2.05, 4.69) is 5.32 Å². The van der Waals surface area contributed by atoms with Crippen molar-refractivity contribution in [2.45, 2.75) is 37.6 Å². The SMILES string of the molecule is CCC(C)(C)NC(=O)CSc1ccc(C(N)=O)cc1[N+](=O)[O-]. The monoisotopic (exact) mass is 325 g/mol. The standard InChI is InChI=1S/C14H19N3O4S/c1-4-14(2,3)16-12(18)8-22-11-6-5-9(13(15)19)7-10(11)17(20)21/h5-7H,4,8H2,1-3H3,(H2,15,19)(H,16,18). The Kier molecular flexibility index (Phi) is 5.92. The van der Waals surface area contributed by atoms with Gasteiger partial charge >= 0.3 is 0 Å². The van der Waals surface area contributed by atoms with Crippen LogP contribution in [-0.2, 0) is 4.79 Å². The van der Waals surface area contributed by atoms with E-state index in [9.17, 15) is 19.7 Å². The first-order chi connectivity index (χ1) is 10.2. The van der Waals surface area contributed by atoms with Crippen molar-refractivity contribution in [1.29, 1.82) is 0 Å². The van der Waals surface area contributed by atoms with Crippen LogP contribution < -0.4 is 11.1 Å². The van der Waals surface area contributed by atoms with Crippen LogP contribution in [0.1, 0.15) is 37.6 Å². The van der Waals surface area contributed by atoms with Crippen molar-refractivity contribution in [1.82, 2.24) is 5.32 Å². The van der Waals surface area contributed by atoms with Crippen LogP contribution in [0.5, 0.6) is 0 Å². The lowest BCUT2D eigenvalue weighted by Crippen LogP contribution is -2.43. The molecule has 1 aromatic carbocycles. The molecule has 0 bridgehead atoms. The topological polar surface area (TPSA) is 115 Å². The van der Waals surface area contributed by atoms with Crippen LogP contribution in [0.25, 0.3) is 0 Å². The summed E-state index contributed by atoms with van der Waals surface area (Å²) in [5, 5.41) is 13.9. The molecule has 3 N–H and O–H groups in total. The smallest absolute Gasteiger partial charge is 0.283 e. The van der Waals surface area contributed by atoms with Crippen molar-refractivity contribution >= 4 is 29.3 Å². The summed E-state index contributed by atoms with van der Waals surface area (Å²) in [5.41, 5.74) is 4.62. The number of hydrogen-bond donors (Lipinski definition) is 2. The van der Waals surface area contributed by atoms with E-state index in [1.165, 1.54) is 12.1 Å². The molecule has 1 aromatic rings. The molecular weight excluding hydrogens is 306 g/mol. The van der Waals surface area contributed by atoms with E-state index in [-0.39, 0.29) is 28.4 Å². The highest BCUT2D eigenvalue weighted by Crippen LogP contribution is 2.30. The van der Waals surface area contributed by atoms with E-state index < -0.39 is 10.8 Å². The van der Waals surface area contributed by atoms with Gasteiger partial charge in [-0.15, -0.1) is 11.8 Å². The van der Waals surface area contributed by atoms with Crippen LogP contribution in [0.2, 0.25) is 0 Å². The molecule has 0 radical (unpaired) electrons. The first kappa shape index (κ1) is 18.0. The summed E-state index contributed by atoms with van der Waals surface area (Å²) in [6, 6.07) is 3.96. The third-order valence-corrected chi connectivity index (χ3v) is 4.22. The van der Waals surface area contributed by atoms with Crippen molar-refractivity contribution in [2.75, 3.05) is 5.75 Å². The number of rotatable bonds is 7. The highest BCUT2D eigenvalue weighted by Gasteiger charge is 2.20. The normalized spacial score (nSPS) is 11.0. The van der Waals surface area contributed by atoms with Crippen molar-refractivity contribution in [2.24, 2.45) is 5.73 Å². The number of nitrogens with zero attached hydrogens (tertiary/aromatic N) is 1. The Morgan fingerprint density at radius 3 is 2.55 bits per heavy atom. The van der Waals surface area contributed by atoms with Gasteiger partial charge in [0, 0.05) is 17.2 Å². The molecule has 0 saturated carbocycles. The number of hydrogen-bond acceptors (Lipinski definition) is 5. The molecule has 0 saturated heterocycles. The van der Waals surface area contributed by atoms with E-state index in [0.29, 0.717) is 4.90 Å². The number of thioether (sulfide) groups is 1. The third-order valence-electron chi connectivity index (χ3n) is 3.16. The predicted molar refractivity (Wildman–Crippen MR) is 84.9 cm³/mol. The van der Waals surface area contributed by atoms with Crippen LogP contribution in [0, 0.1) is 10.1 Å². The van der Waals surface area contributed by atoms with Gasteiger partial charge < -0.3 is 11.1 Å². The number of nitrogens with one attached hydrogen (secondary N) is 1. The second-order valence-corrected chi connectivity index (χ2v) is 6.40. The lowest BCUT2D eigenvalue weighted by Gasteiger charge is -2.24. The molecule has 2 amide bonds.